The summed E-state index contributed by atoms with van der Waals surface area (Å²) in [7, 11) is 0. The van der Waals surface area contributed by atoms with Gasteiger partial charge in [-0.1, -0.05) is 35.5 Å². The fourth-order valence-corrected chi connectivity index (χ4v) is 3.73. The van der Waals surface area contributed by atoms with Gasteiger partial charge in [0.25, 0.3) is 0 Å². The van der Waals surface area contributed by atoms with Crippen LogP contribution in [0.1, 0.15) is 17.0 Å². The molecule has 0 spiro atoms. The molecule has 0 radical (unpaired) electrons. The largest absolute Gasteiger partial charge is 0.361 e. The van der Waals surface area contributed by atoms with Crippen LogP contribution in [0.25, 0.3) is 22.2 Å². The Morgan fingerprint density at radius 3 is 2.68 bits per heavy atom. The second-order valence-electron chi connectivity index (χ2n) is 5.98. The van der Waals surface area contributed by atoms with Crippen LogP contribution in [0.3, 0.4) is 0 Å². The molecule has 2 N–H and O–H groups in total. The summed E-state index contributed by atoms with van der Waals surface area (Å²) in [6.07, 6.45) is 0. The van der Waals surface area contributed by atoms with Crippen LogP contribution >= 0.6 is 22.6 Å². The Morgan fingerprint density at radius 1 is 1.16 bits per heavy atom. The van der Waals surface area contributed by atoms with Crippen molar-refractivity contribution >= 4 is 39.6 Å². The summed E-state index contributed by atoms with van der Waals surface area (Å²) in [4.78, 5) is 8.05. The van der Waals surface area contributed by atoms with E-state index in [2.05, 4.69) is 67.3 Å². The molecule has 4 rings (SSSR count). The molecular formula is C19H17IN4O. The van der Waals surface area contributed by atoms with Gasteiger partial charge >= 0.3 is 0 Å². The third-order valence-corrected chi connectivity index (χ3v) is 4.99. The van der Waals surface area contributed by atoms with E-state index in [0.717, 1.165) is 49.7 Å². The number of H-pyrrole nitrogens is 1. The second kappa shape index (κ2) is 6.51. The number of hydrogen-bond donors (Lipinski definition) is 2. The van der Waals surface area contributed by atoms with E-state index >= 15 is 0 Å². The average Bonchev–Trinajstić information content (AvgIpc) is 3.17. The van der Waals surface area contributed by atoms with Crippen LogP contribution in [0.2, 0.25) is 0 Å². The lowest BCUT2D eigenvalue weighted by molar-refractivity contribution is 0.393. The van der Waals surface area contributed by atoms with Crippen molar-refractivity contribution in [3.8, 4) is 11.1 Å². The summed E-state index contributed by atoms with van der Waals surface area (Å²) in [5.41, 5.74) is 6.22. The van der Waals surface area contributed by atoms with Gasteiger partial charge in [-0.3, -0.25) is 0 Å². The first-order valence-corrected chi connectivity index (χ1v) is 9.10. The van der Waals surface area contributed by atoms with Gasteiger partial charge in [0.05, 0.1) is 11.2 Å². The highest BCUT2D eigenvalue weighted by Gasteiger charge is 2.15. The van der Waals surface area contributed by atoms with Gasteiger partial charge in [0, 0.05) is 15.7 Å². The molecule has 126 valence electrons. The highest BCUT2D eigenvalue weighted by Crippen LogP contribution is 2.32. The number of aryl methyl sites for hydroxylation is 2. The molecule has 0 saturated carbocycles. The lowest BCUT2D eigenvalue weighted by atomic mass is 10.0. The smallest absolute Gasteiger partial charge is 0.201 e. The van der Waals surface area contributed by atoms with E-state index < -0.39 is 0 Å². The van der Waals surface area contributed by atoms with E-state index in [4.69, 9.17) is 4.52 Å². The van der Waals surface area contributed by atoms with Crippen molar-refractivity contribution in [2.45, 2.75) is 20.4 Å². The van der Waals surface area contributed by atoms with E-state index in [1.54, 1.807) is 0 Å². The van der Waals surface area contributed by atoms with Crippen LogP contribution in [0, 0.1) is 17.4 Å². The Bertz CT molecular complexity index is 1020. The molecule has 5 nitrogen and oxygen atoms in total. The number of aromatic amines is 1. The third-order valence-electron chi connectivity index (χ3n) is 4.16. The van der Waals surface area contributed by atoms with E-state index in [0.29, 0.717) is 0 Å². The third kappa shape index (κ3) is 3.13. The minimum atomic E-state index is 0.730. The monoisotopic (exact) mass is 444 g/mol. The quantitative estimate of drug-likeness (QED) is 0.433. The van der Waals surface area contributed by atoms with Crippen molar-refractivity contribution in [1.82, 2.24) is 15.1 Å². The molecule has 2 aromatic carbocycles. The summed E-state index contributed by atoms with van der Waals surface area (Å²) >= 11 is 2.32. The second-order valence-corrected chi connectivity index (χ2v) is 7.14. The maximum Gasteiger partial charge on any atom is 0.201 e. The first-order valence-electron chi connectivity index (χ1n) is 8.02. The molecular weight excluding hydrogens is 427 g/mol. The van der Waals surface area contributed by atoms with E-state index in [9.17, 15) is 0 Å². The highest BCUT2D eigenvalue weighted by molar-refractivity contribution is 14.1. The van der Waals surface area contributed by atoms with Gasteiger partial charge in [0.1, 0.15) is 11.3 Å². The van der Waals surface area contributed by atoms with Gasteiger partial charge in [-0.05, 0) is 59.7 Å². The van der Waals surface area contributed by atoms with Gasteiger partial charge in [0.15, 0.2) is 0 Å². The normalized spacial score (nSPS) is 11.2. The molecule has 0 atom stereocenters. The van der Waals surface area contributed by atoms with Crippen LogP contribution in [0.5, 0.6) is 0 Å². The molecule has 0 unspecified atom stereocenters. The fourth-order valence-electron chi connectivity index (χ4n) is 2.98. The Labute approximate surface area is 159 Å². The predicted molar refractivity (Wildman–Crippen MR) is 108 cm³/mol. The average molecular weight is 444 g/mol. The number of fused-ring (bicyclic) bond motifs is 1. The molecule has 0 bridgehead atoms. The molecule has 0 aliphatic carbocycles. The van der Waals surface area contributed by atoms with Gasteiger partial charge < -0.3 is 14.8 Å². The van der Waals surface area contributed by atoms with Crippen LogP contribution in [-0.4, -0.2) is 15.1 Å². The van der Waals surface area contributed by atoms with Crippen molar-refractivity contribution in [2.24, 2.45) is 0 Å². The van der Waals surface area contributed by atoms with Crippen LogP contribution in [-0.2, 0) is 6.54 Å². The Morgan fingerprint density at radius 2 is 1.96 bits per heavy atom. The number of rotatable bonds is 4. The Hall–Kier alpha value is -2.35. The Kier molecular flexibility index (Phi) is 4.20. The number of halogens is 1. The lowest BCUT2D eigenvalue weighted by Gasteiger charge is -2.02. The van der Waals surface area contributed by atoms with Crippen molar-refractivity contribution in [1.29, 1.82) is 0 Å². The molecule has 0 saturated heterocycles. The van der Waals surface area contributed by atoms with Crippen LogP contribution in [0.15, 0.2) is 47.0 Å². The number of nitrogens with one attached hydrogen (secondary N) is 2. The van der Waals surface area contributed by atoms with Crippen molar-refractivity contribution in [3.05, 3.63) is 63.1 Å². The number of hydrogen-bond acceptors (Lipinski definition) is 4. The minimum Gasteiger partial charge on any atom is -0.361 e. The predicted octanol–water partition coefficient (Wildman–Crippen LogP) is 5.05. The van der Waals surface area contributed by atoms with Crippen LogP contribution < -0.4 is 5.32 Å². The summed E-state index contributed by atoms with van der Waals surface area (Å²) < 4.78 is 6.40. The van der Waals surface area contributed by atoms with Crippen molar-refractivity contribution in [3.63, 3.8) is 0 Å². The van der Waals surface area contributed by atoms with Gasteiger partial charge in [-0.25, -0.2) is 4.98 Å². The van der Waals surface area contributed by atoms with Crippen LogP contribution in [0.4, 0.5) is 5.95 Å². The maximum absolute atomic E-state index is 5.30. The SMILES string of the molecule is Cc1noc(C)c1-c1cc(I)c2nc(NCc3ccccc3)[nH]c2c1. The molecule has 6 heteroatoms. The van der Waals surface area contributed by atoms with Crippen molar-refractivity contribution in [2.75, 3.05) is 5.32 Å². The number of nitrogens with zero attached hydrogens (tertiary/aromatic N) is 2. The standard InChI is InChI=1S/C19H17IN4O/c1-11-17(12(2)25-24-11)14-8-15(20)18-16(9-14)22-19(23-18)21-10-13-6-4-3-5-7-13/h3-9H,10H2,1-2H3,(H2,21,22,23). The number of imidazole rings is 1. The number of anilines is 1. The first-order chi connectivity index (χ1) is 12.1. The molecule has 0 amide bonds. The summed E-state index contributed by atoms with van der Waals surface area (Å²) in [5, 5.41) is 7.41. The minimum absolute atomic E-state index is 0.730. The molecule has 2 aromatic heterocycles. The zero-order valence-electron chi connectivity index (χ0n) is 13.9. The Balaban J connectivity index is 1.68. The molecule has 0 aliphatic heterocycles. The van der Waals surface area contributed by atoms with E-state index in [1.165, 1.54) is 5.56 Å². The van der Waals surface area contributed by atoms with Gasteiger partial charge in [0.2, 0.25) is 5.95 Å². The number of aromatic nitrogens is 3. The topological polar surface area (TPSA) is 66.7 Å². The highest BCUT2D eigenvalue weighted by atomic mass is 127. The zero-order chi connectivity index (χ0) is 17.4. The van der Waals surface area contributed by atoms with E-state index in [1.807, 2.05) is 32.0 Å². The zero-order valence-corrected chi connectivity index (χ0v) is 16.1. The summed E-state index contributed by atoms with van der Waals surface area (Å²) in [5.74, 6) is 1.60. The molecule has 4 aromatic rings. The maximum atomic E-state index is 5.30. The van der Waals surface area contributed by atoms with E-state index in [-0.39, 0.29) is 0 Å². The van der Waals surface area contributed by atoms with Gasteiger partial charge in [-0.2, -0.15) is 0 Å². The molecule has 25 heavy (non-hydrogen) atoms. The molecule has 0 fully saturated rings. The summed E-state index contributed by atoms with van der Waals surface area (Å²) in [6.45, 7) is 4.63. The molecule has 2 heterocycles. The fraction of sp³-hybridized carbons (Fsp3) is 0.158. The molecule has 0 aliphatic rings. The lowest BCUT2D eigenvalue weighted by Crippen LogP contribution is -2.00. The van der Waals surface area contributed by atoms with Gasteiger partial charge in [-0.15, -0.1) is 0 Å². The first kappa shape index (κ1) is 16.1. The number of benzene rings is 2. The summed E-state index contributed by atoms with van der Waals surface area (Å²) in [6, 6.07) is 14.5. The van der Waals surface area contributed by atoms with Crippen molar-refractivity contribution < 1.29 is 4.52 Å².